The molecule has 2 heteroatoms. The third kappa shape index (κ3) is 1.70. The van der Waals surface area contributed by atoms with E-state index in [2.05, 4.69) is 12.2 Å². The van der Waals surface area contributed by atoms with E-state index in [-0.39, 0.29) is 5.91 Å². The first-order chi connectivity index (χ1) is 4.33. The molecule has 1 heterocycles. The van der Waals surface area contributed by atoms with Crippen LogP contribution >= 0.6 is 0 Å². The largest absolute Gasteiger partial charge is 0.353 e. The van der Waals surface area contributed by atoms with Gasteiger partial charge in [-0.2, -0.15) is 0 Å². The van der Waals surface area contributed by atoms with Gasteiger partial charge in [-0.3, -0.25) is 4.79 Å². The first-order valence-corrected chi connectivity index (χ1v) is 3.62. The smallest absolute Gasteiger partial charge is 0.222 e. The Morgan fingerprint density at radius 1 is 1.78 bits per heavy atom. The Kier molecular flexibility index (Phi) is 2.09. The van der Waals surface area contributed by atoms with Gasteiger partial charge in [-0.1, -0.05) is 19.8 Å². The number of carbonyl (C=O) groups excluding carboxylic acids is 1. The molecule has 0 bridgehead atoms. The summed E-state index contributed by atoms with van der Waals surface area (Å²) in [6.45, 7) is 2.17. The van der Waals surface area contributed by atoms with Gasteiger partial charge in [-0.15, -0.1) is 0 Å². The van der Waals surface area contributed by atoms with Crippen molar-refractivity contribution in [3.8, 4) is 0 Å². The van der Waals surface area contributed by atoms with Crippen LogP contribution in [0.3, 0.4) is 0 Å². The van der Waals surface area contributed by atoms with E-state index in [0.29, 0.717) is 6.04 Å². The summed E-state index contributed by atoms with van der Waals surface area (Å²) in [5.74, 6) is 0.219. The summed E-state index contributed by atoms with van der Waals surface area (Å²) in [4.78, 5) is 10.4. The lowest BCUT2D eigenvalue weighted by molar-refractivity contribution is -0.128. The van der Waals surface area contributed by atoms with Crippen molar-refractivity contribution >= 4 is 5.91 Å². The summed E-state index contributed by atoms with van der Waals surface area (Å²) in [6.07, 6.45) is 4.40. The minimum Gasteiger partial charge on any atom is -0.353 e. The van der Waals surface area contributed by atoms with Crippen LogP contribution in [-0.2, 0) is 4.79 Å². The molecule has 1 aliphatic rings. The quantitative estimate of drug-likeness (QED) is 0.564. The Morgan fingerprint density at radius 2 is 2.44 bits per heavy atom. The molecule has 1 saturated heterocycles. The third-order valence-electron chi connectivity index (χ3n) is 1.70. The second kappa shape index (κ2) is 2.85. The number of carbonyl (C=O) groups is 1. The van der Waals surface area contributed by atoms with Crippen LogP contribution in [-0.4, -0.2) is 11.9 Å². The number of hydrogen-bond acceptors (Lipinski definition) is 1. The SMILES string of the molecule is CCCCC1CC(=O)N1. The van der Waals surface area contributed by atoms with E-state index in [1.54, 1.807) is 0 Å². The van der Waals surface area contributed by atoms with Gasteiger partial charge in [0.1, 0.15) is 0 Å². The molecule has 9 heavy (non-hydrogen) atoms. The highest BCUT2D eigenvalue weighted by atomic mass is 16.2. The van der Waals surface area contributed by atoms with Crippen molar-refractivity contribution in [1.82, 2.24) is 5.32 Å². The molecule has 0 saturated carbocycles. The molecule has 1 fully saturated rings. The van der Waals surface area contributed by atoms with Gasteiger partial charge < -0.3 is 5.32 Å². The molecule has 1 aliphatic heterocycles. The number of amides is 1. The Bertz CT molecular complexity index is 103. The molecule has 0 aromatic rings. The van der Waals surface area contributed by atoms with E-state index in [1.807, 2.05) is 0 Å². The molecule has 1 unspecified atom stereocenters. The van der Waals surface area contributed by atoms with Crippen LogP contribution in [0.15, 0.2) is 0 Å². The lowest BCUT2D eigenvalue weighted by Crippen LogP contribution is -2.48. The summed E-state index contributed by atoms with van der Waals surface area (Å²) in [5.41, 5.74) is 0. The van der Waals surface area contributed by atoms with Crippen molar-refractivity contribution in [2.75, 3.05) is 0 Å². The first-order valence-electron chi connectivity index (χ1n) is 3.62. The van der Waals surface area contributed by atoms with E-state index < -0.39 is 0 Å². The van der Waals surface area contributed by atoms with Crippen LogP contribution < -0.4 is 5.32 Å². The van der Waals surface area contributed by atoms with Crippen LogP contribution in [0.1, 0.15) is 32.6 Å². The van der Waals surface area contributed by atoms with Crippen LogP contribution in [0.5, 0.6) is 0 Å². The molecular formula is C7H13NO. The minimum atomic E-state index is 0.219. The molecule has 0 aliphatic carbocycles. The number of unbranched alkanes of at least 4 members (excludes halogenated alkanes) is 1. The summed E-state index contributed by atoms with van der Waals surface area (Å²) < 4.78 is 0. The highest BCUT2D eigenvalue weighted by Crippen LogP contribution is 2.11. The van der Waals surface area contributed by atoms with Crippen molar-refractivity contribution in [1.29, 1.82) is 0 Å². The first kappa shape index (κ1) is 6.59. The van der Waals surface area contributed by atoms with Gasteiger partial charge in [0.05, 0.1) is 0 Å². The number of nitrogens with one attached hydrogen (secondary N) is 1. The van der Waals surface area contributed by atoms with E-state index in [9.17, 15) is 4.79 Å². The monoisotopic (exact) mass is 127 g/mol. The average molecular weight is 127 g/mol. The van der Waals surface area contributed by atoms with Gasteiger partial charge in [-0.25, -0.2) is 0 Å². The highest BCUT2D eigenvalue weighted by Gasteiger charge is 2.23. The van der Waals surface area contributed by atoms with E-state index in [1.165, 1.54) is 19.3 Å². The summed E-state index contributed by atoms with van der Waals surface area (Å²) in [6, 6.07) is 0.512. The topological polar surface area (TPSA) is 29.1 Å². The maximum atomic E-state index is 10.4. The number of rotatable bonds is 3. The lowest BCUT2D eigenvalue weighted by Gasteiger charge is -2.26. The molecule has 52 valence electrons. The summed E-state index contributed by atoms with van der Waals surface area (Å²) >= 11 is 0. The zero-order valence-electron chi connectivity index (χ0n) is 5.81. The van der Waals surface area contributed by atoms with E-state index in [4.69, 9.17) is 0 Å². The fraction of sp³-hybridized carbons (Fsp3) is 0.857. The molecular weight excluding hydrogens is 114 g/mol. The second-order valence-electron chi connectivity index (χ2n) is 2.61. The van der Waals surface area contributed by atoms with Gasteiger partial charge in [0.25, 0.3) is 0 Å². The van der Waals surface area contributed by atoms with Crippen LogP contribution in [0, 0.1) is 0 Å². The van der Waals surface area contributed by atoms with Crippen LogP contribution in [0.2, 0.25) is 0 Å². The minimum absolute atomic E-state index is 0.219. The van der Waals surface area contributed by atoms with Crippen molar-refractivity contribution < 1.29 is 4.79 Å². The van der Waals surface area contributed by atoms with Gasteiger partial charge >= 0.3 is 0 Å². The van der Waals surface area contributed by atoms with E-state index >= 15 is 0 Å². The zero-order chi connectivity index (χ0) is 6.69. The predicted octanol–water partition coefficient (Wildman–Crippen LogP) is 1.07. The molecule has 0 spiro atoms. The molecule has 0 aromatic heterocycles. The molecule has 0 radical (unpaired) electrons. The van der Waals surface area contributed by atoms with Crippen molar-refractivity contribution in [3.63, 3.8) is 0 Å². The molecule has 1 amide bonds. The lowest BCUT2D eigenvalue weighted by atomic mass is 10.0. The number of β-lactam (4-membered cyclic amide) rings is 1. The van der Waals surface area contributed by atoms with Gasteiger partial charge in [0.2, 0.25) is 5.91 Å². The van der Waals surface area contributed by atoms with Gasteiger partial charge in [0.15, 0.2) is 0 Å². The second-order valence-corrected chi connectivity index (χ2v) is 2.61. The molecule has 1 rings (SSSR count). The maximum Gasteiger partial charge on any atom is 0.222 e. The Hall–Kier alpha value is -0.530. The van der Waals surface area contributed by atoms with Gasteiger partial charge in [-0.05, 0) is 6.42 Å². The van der Waals surface area contributed by atoms with Gasteiger partial charge in [0, 0.05) is 12.5 Å². The fourth-order valence-corrected chi connectivity index (χ4v) is 1.06. The molecule has 2 nitrogen and oxygen atoms in total. The average Bonchev–Trinajstić information content (AvgIpc) is 1.78. The Balaban J connectivity index is 1.97. The molecule has 1 N–H and O–H groups in total. The maximum absolute atomic E-state index is 10.4. The van der Waals surface area contributed by atoms with Crippen LogP contribution in [0.4, 0.5) is 0 Å². The number of hydrogen-bond donors (Lipinski definition) is 1. The van der Waals surface area contributed by atoms with Crippen molar-refractivity contribution in [3.05, 3.63) is 0 Å². The van der Waals surface area contributed by atoms with Crippen molar-refractivity contribution in [2.24, 2.45) is 0 Å². The Labute approximate surface area is 55.6 Å². The van der Waals surface area contributed by atoms with Crippen LogP contribution in [0.25, 0.3) is 0 Å². The van der Waals surface area contributed by atoms with E-state index in [0.717, 1.165) is 6.42 Å². The predicted molar refractivity (Wildman–Crippen MR) is 36.1 cm³/mol. The summed E-state index contributed by atoms with van der Waals surface area (Å²) in [5, 5.41) is 2.84. The highest BCUT2D eigenvalue weighted by molar-refractivity contribution is 5.82. The zero-order valence-corrected chi connectivity index (χ0v) is 5.81. The van der Waals surface area contributed by atoms with Crippen molar-refractivity contribution in [2.45, 2.75) is 38.6 Å². The standard InChI is InChI=1S/C7H13NO/c1-2-3-4-6-5-7(9)8-6/h6H,2-5H2,1H3,(H,8,9). The molecule has 0 aromatic carbocycles. The fourth-order valence-electron chi connectivity index (χ4n) is 1.06. The normalized spacial score (nSPS) is 25.0. The third-order valence-corrected chi connectivity index (χ3v) is 1.70. The molecule has 1 atom stereocenters. The Morgan fingerprint density at radius 3 is 2.89 bits per heavy atom. The summed E-state index contributed by atoms with van der Waals surface area (Å²) in [7, 11) is 0.